The van der Waals surface area contributed by atoms with Gasteiger partial charge in [0.05, 0.1) is 22.4 Å². The van der Waals surface area contributed by atoms with Crippen molar-refractivity contribution in [3.63, 3.8) is 0 Å². The molecule has 10 aromatic carbocycles. The first kappa shape index (κ1) is 35.2. The minimum Gasteiger partial charge on any atom is -0.310 e. The Morgan fingerprint density at radius 2 is 0.767 bits per heavy atom. The first-order valence-corrected chi connectivity index (χ1v) is 20.6. The van der Waals surface area contributed by atoms with E-state index in [-0.39, 0.29) is 0 Å². The summed E-state index contributed by atoms with van der Waals surface area (Å²) in [6.07, 6.45) is 0. The lowest BCUT2D eigenvalue weighted by Crippen LogP contribution is -2.11. The number of aromatic nitrogens is 1. The van der Waals surface area contributed by atoms with Crippen LogP contribution in [0.5, 0.6) is 0 Å². The van der Waals surface area contributed by atoms with Gasteiger partial charge in [0.2, 0.25) is 0 Å². The highest BCUT2D eigenvalue weighted by Crippen LogP contribution is 2.45. The summed E-state index contributed by atoms with van der Waals surface area (Å²) in [6.45, 7) is 0. The molecule has 0 saturated heterocycles. The Hall–Kier alpha value is -7.94. The highest BCUT2D eigenvalue weighted by molar-refractivity contribution is 6.11. The van der Waals surface area contributed by atoms with Crippen LogP contribution in [-0.2, 0) is 0 Å². The third kappa shape index (κ3) is 6.32. The van der Waals surface area contributed by atoms with Crippen LogP contribution in [0.1, 0.15) is 0 Å². The van der Waals surface area contributed by atoms with Gasteiger partial charge in [-0.1, -0.05) is 188 Å². The van der Waals surface area contributed by atoms with Gasteiger partial charge in [-0.05, 0) is 98.8 Å². The smallest absolute Gasteiger partial charge is 0.0547 e. The molecule has 0 atom stereocenters. The lowest BCUT2D eigenvalue weighted by Gasteiger charge is -2.29. The summed E-state index contributed by atoms with van der Waals surface area (Å²) in [6, 6.07) is 87.9. The molecule has 0 unspecified atom stereocenters. The zero-order valence-corrected chi connectivity index (χ0v) is 33.0. The maximum atomic E-state index is 2.47. The highest BCUT2D eigenvalue weighted by atomic mass is 15.1. The summed E-state index contributed by atoms with van der Waals surface area (Å²) in [7, 11) is 0. The molecule has 0 saturated carbocycles. The summed E-state index contributed by atoms with van der Waals surface area (Å²) in [5.74, 6) is 0. The normalized spacial score (nSPS) is 11.3. The number of anilines is 3. The van der Waals surface area contributed by atoms with Crippen LogP contribution in [-0.4, -0.2) is 4.57 Å². The Kier molecular flexibility index (Phi) is 8.87. The third-order valence-corrected chi connectivity index (χ3v) is 11.8. The van der Waals surface area contributed by atoms with Crippen LogP contribution in [0.2, 0.25) is 0 Å². The molecule has 0 radical (unpaired) electrons. The van der Waals surface area contributed by atoms with Crippen LogP contribution < -0.4 is 4.90 Å². The molecule has 0 aliphatic carbocycles. The van der Waals surface area contributed by atoms with Crippen molar-refractivity contribution < 1.29 is 0 Å². The highest BCUT2D eigenvalue weighted by Gasteiger charge is 2.21. The van der Waals surface area contributed by atoms with Crippen molar-refractivity contribution in [2.45, 2.75) is 0 Å². The van der Waals surface area contributed by atoms with E-state index in [9.17, 15) is 0 Å². The molecule has 11 rings (SSSR count). The van der Waals surface area contributed by atoms with Gasteiger partial charge in [-0.25, -0.2) is 0 Å². The SMILES string of the molecule is c1ccc(-c2ccc(N(c3ccc(-c4ccccc4)cc3)c3ccccc3-c3ccccc3-n3c4ccccc4c4ccc(-c5ccc6ccccc6c5)cc43)cc2)cc1. The number of hydrogen-bond donors (Lipinski definition) is 0. The molecule has 1 heterocycles. The number of nitrogens with zero attached hydrogens (tertiary/aromatic N) is 2. The van der Waals surface area contributed by atoms with E-state index in [1.165, 1.54) is 66.0 Å². The quantitative estimate of drug-likeness (QED) is 0.150. The monoisotopic (exact) mass is 764 g/mol. The Morgan fingerprint density at radius 3 is 1.47 bits per heavy atom. The number of hydrogen-bond acceptors (Lipinski definition) is 1. The maximum Gasteiger partial charge on any atom is 0.0547 e. The Morgan fingerprint density at radius 1 is 0.283 bits per heavy atom. The minimum absolute atomic E-state index is 1.09. The standard InChI is InChI=1S/C58H40N2/c1-3-15-41(16-4-1)44-29-34-49(35-30-44)59(50-36-31-45(32-37-50)42-17-5-2-6-18-42)55-24-12-9-21-51(55)52-22-10-13-25-56(52)60-57-26-14-11-23-53(57)54-38-33-48(40-58(54)60)47-28-27-43-19-7-8-20-46(43)39-47/h1-40H. The molecule has 0 fully saturated rings. The Bertz CT molecular complexity index is 3210. The Labute approximate surface area is 350 Å². The number of para-hydroxylation sites is 3. The van der Waals surface area contributed by atoms with E-state index < -0.39 is 0 Å². The van der Waals surface area contributed by atoms with E-state index in [0.717, 1.165) is 33.9 Å². The van der Waals surface area contributed by atoms with Crippen molar-refractivity contribution in [1.29, 1.82) is 0 Å². The zero-order valence-electron chi connectivity index (χ0n) is 33.0. The molecular weight excluding hydrogens is 725 g/mol. The first-order chi connectivity index (χ1) is 29.8. The van der Waals surface area contributed by atoms with Crippen LogP contribution in [0.3, 0.4) is 0 Å². The second kappa shape index (κ2) is 15.1. The summed E-state index contributed by atoms with van der Waals surface area (Å²) in [5, 5.41) is 4.96. The molecule has 0 aliphatic heterocycles. The molecule has 1 aromatic heterocycles. The van der Waals surface area contributed by atoms with Gasteiger partial charge >= 0.3 is 0 Å². The summed E-state index contributed by atoms with van der Waals surface area (Å²) < 4.78 is 2.47. The lowest BCUT2D eigenvalue weighted by molar-refractivity contribution is 1.18. The molecule has 0 amide bonds. The van der Waals surface area contributed by atoms with Gasteiger partial charge in [0, 0.05) is 33.3 Å². The average Bonchev–Trinajstić information content (AvgIpc) is 3.66. The van der Waals surface area contributed by atoms with Crippen molar-refractivity contribution in [2.24, 2.45) is 0 Å². The van der Waals surface area contributed by atoms with Gasteiger partial charge in [0.25, 0.3) is 0 Å². The van der Waals surface area contributed by atoms with E-state index >= 15 is 0 Å². The van der Waals surface area contributed by atoms with E-state index in [0.29, 0.717) is 0 Å². The fourth-order valence-electron chi connectivity index (χ4n) is 8.87. The molecule has 282 valence electrons. The summed E-state index contributed by atoms with van der Waals surface area (Å²) in [4.78, 5) is 2.40. The lowest BCUT2D eigenvalue weighted by atomic mass is 9.98. The third-order valence-electron chi connectivity index (χ3n) is 11.8. The summed E-state index contributed by atoms with van der Waals surface area (Å²) in [5.41, 5.74) is 16.2. The summed E-state index contributed by atoms with van der Waals surface area (Å²) >= 11 is 0. The molecule has 0 aliphatic rings. The predicted octanol–water partition coefficient (Wildman–Crippen LogP) is 16.1. The van der Waals surface area contributed by atoms with Gasteiger partial charge in [-0.2, -0.15) is 0 Å². The van der Waals surface area contributed by atoms with Crippen molar-refractivity contribution >= 4 is 49.6 Å². The van der Waals surface area contributed by atoms with Crippen molar-refractivity contribution in [1.82, 2.24) is 4.57 Å². The second-order valence-corrected chi connectivity index (χ2v) is 15.3. The van der Waals surface area contributed by atoms with Gasteiger partial charge in [-0.3, -0.25) is 0 Å². The number of benzene rings is 10. The van der Waals surface area contributed by atoms with Crippen LogP contribution in [0, 0.1) is 0 Å². The minimum atomic E-state index is 1.09. The molecular formula is C58H40N2. The molecule has 11 aromatic rings. The first-order valence-electron chi connectivity index (χ1n) is 20.6. The maximum absolute atomic E-state index is 2.47. The van der Waals surface area contributed by atoms with Crippen LogP contribution in [0.25, 0.3) is 82.8 Å². The fourth-order valence-corrected chi connectivity index (χ4v) is 8.87. The number of rotatable bonds is 8. The van der Waals surface area contributed by atoms with Crippen LogP contribution in [0.15, 0.2) is 243 Å². The fraction of sp³-hybridized carbons (Fsp3) is 0. The van der Waals surface area contributed by atoms with Crippen LogP contribution >= 0.6 is 0 Å². The topological polar surface area (TPSA) is 8.17 Å². The average molecular weight is 765 g/mol. The molecule has 2 heteroatoms. The predicted molar refractivity (Wildman–Crippen MR) is 255 cm³/mol. The molecule has 0 bridgehead atoms. The second-order valence-electron chi connectivity index (χ2n) is 15.3. The molecule has 60 heavy (non-hydrogen) atoms. The van der Waals surface area contributed by atoms with E-state index in [2.05, 4.69) is 252 Å². The largest absolute Gasteiger partial charge is 0.310 e. The molecule has 0 spiro atoms. The van der Waals surface area contributed by atoms with Crippen molar-refractivity contribution in [3.8, 4) is 50.2 Å². The van der Waals surface area contributed by atoms with E-state index in [1.807, 2.05) is 0 Å². The number of fused-ring (bicyclic) bond motifs is 4. The zero-order chi connectivity index (χ0) is 39.8. The van der Waals surface area contributed by atoms with Crippen LogP contribution in [0.4, 0.5) is 17.1 Å². The van der Waals surface area contributed by atoms with Gasteiger partial charge in [0.1, 0.15) is 0 Å². The Balaban J connectivity index is 1.09. The van der Waals surface area contributed by atoms with Gasteiger partial charge in [0.15, 0.2) is 0 Å². The molecule has 2 nitrogen and oxygen atoms in total. The van der Waals surface area contributed by atoms with Crippen molar-refractivity contribution in [3.05, 3.63) is 243 Å². The van der Waals surface area contributed by atoms with E-state index in [1.54, 1.807) is 0 Å². The van der Waals surface area contributed by atoms with Gasteiger partial charge < -0.3 is 9.47 Å². The van der Waals surface area contributed by atoms with Gasteiger partial charge in [-0.15, -0.1) is 0 Å². The van der Waals surface area contributed by atoms with E-state index in [4.69, 9.17) is 0 Å². The van der Waals surface area contributed by atoms with Crippen molar-refractivity contribution in [2.75, 3.05) is 4.90 Å². The molecule has 0 N–H and O–H groups in total.